The minimum atomic E-state index is -2.28. The number of carbonyl (C=O) groups is 1. The van der Waals surface area contributed by atoms with E-state index in [0.717, 1.165) is 6.08 Å². The maximum absolute atomic E-state index is 10.00. The van der Waals surface area contributed by atoms with Crippen LogP contribution < -0.4 is 10.5 Å². The third-order valence-electron chi connectivity index (χ3n) is 0.601. The minimum Gasteiger partial charge on any atom is -0.760 e. The second-order valence-corrected chi connectivity index (χ2v) is 2.15. The first-order chi connectivity index (χ1) is 4.63. The van der Waals surface area contributed by atoms with Gasteiger partial charge >= 0.3 is 0 Å². The lowest BCUT2D eigenvalue weighted by Gasteiger charge is -2.01. The number of nitrogens with two attached hydrogens (primary N) is 1. The second-order valence-electron chi connectivity index (χ2n) is 1.39. The maximum atomic E-state index is 10.00. The summed E-state index contributed by atoms with van der Waals surface area (Å²) >= 11 is -2.28. The Morgan fingerprint density at radius 1 is 1.80 bits per heavy atom. The largest absolute Gasteiger partial charge is 0.760 e. The highest BCUT2D eigenvalue weighted by Gasteiger charge is 1.81. The Labute approximate surface area is 60.7 Å². The Balaban J connectivity index is 3.36. The molecule has 0 heterocycles. The molecular formula is C4H7N2O3S-. The maximum Gasteiger partial charge on any atom is 0.241 e. The molecule has 0 bridgehead atoms. The molecule has 0 saturated heterocycles. The summed E-state index contributed by atoms with van der Waals surface area (Å²) in [7, 11) is 0. The number of rotatable bonds is 4. The van der Waals surface area contributed by atoms with Crippen LogP contribution in [-0.4, -0.2) is 21.2 Å². The average Bonchev–Trinajstić information content (AvgIpc) is 1.79. The van der Waals surface area contributed by atoms with Gasteiger partial charge in [-0.15, -0.1) is 0 Å². The molecule has 0 aliphatic rings. The van der Waals surface area contributed by atoms with Gasteiger partial charge in [-0.25, -0.2) is 4.72 Å². The van der Waals surface area contributed by atoms with Crippen molar-refractivity contribution in [2.45, 2.75) is 0 Å². The van der Waals surface area contributed by atoms with E-state index in [1.165, 1.54) is 6.08 Å². The van der Waals surface area contributed by atoms with E-state index < -0.39 is 17.2 Å². The van der Waals surface area contributed by atoms with Gasteiger partial charge in [0.25, 0.3) is 0 Å². The van der Waals surface area contributed by atoms with Gasteiger partial charge in [-0.2, -0.15) is 0 Å². The fraction of sp³-hybridized carbons (Fsp3) is 0.250. The van der Waals surface area contributed by atoms with Crippen LogP contribution in [0.1, 0.15) is 0 Å². The average molecular weight is 163 g/mol. The van der Waals surface area contributed by atoms with Crippen LogP contribution in [0.3, 0.4) is 0 Å². The predicted molar refractivity (Wildman–Crippen MR) is 35.3 cm³/mol. The van der Waals surface area contributed by atoms with Crippen LogP contribution in [0.15, 0.2) is 12.2 Å². The zero-order chi connectivity index (χ0) is 7.98. The van der Waals surface area contributed by atoms with Crippen LogP contribution >= 0.6 is 0 Å². The Bertz CT molecular complexity index is 168. The van der Waals surface area contributed by atoms with Gasteiger partial charge in [-0.05, 0) is 6.08 Å². The van der Waals surface area contributed by atoms with Crippen molar-refractivity contribution in [1.29, 1.82) is 0 Å². The Hall–Kier alpha value is -0.720. The van der Waals surface area contributed by atoms with Gasteiger partial charge in [-0.3, -0.25) is 9.00 Å². The lowest BCUT2D eigenvalue weighted by Crippen LogP contribution is -2.16. The van der Waals surface area contributed by atoms with Gasteiger partial charge in [0.2, 0.25) is 5.91 Å². The SMILES string of the molecule is NC(=O)C=CCNS(=O)[O-]. The molecule has 0 aromatic rings. The fourth-order valence-electron chi connectivity index (χ4n) is 0.291. The van der Waals surface area contributed by atoms with Crippen LogP contribution in [0.4, 0.5) is 0 Å². The quantitative estimate of drug-likeness (QED) is 0.386. The van der Waals surface area contributed by atoms with Crippen molar-refractivity contribution in [3.05, 3.63) is 12.2 Å². The normalized spacial score (nSPS) is 13.7. The molecule has 0 rings (SSSR count). The van der Waals surface area contributed by atoms with E-state index >= 15 is 0 Å². The van der Waals surface area contributed by atoms with Crippen molar-refractivity contribution in [2.24, 2.45) is 5.73 Å². The smallest absolute Gasteiger partial charge is 0.241 e. The fourth-order valence-corrected chi connectivity index (χ4v) is 0.524. The molecule has 1 unspecified atom stereocenters. The van der Waals surface area contributed by atoms with Gasteiger partial charge in [0.1, 0.15) is 0 Å². The summed E-state index contributed by atoms with van der Waals surface area (Å²) in [5, 5.41) is 0. The topological polar surface area (TPSA) is 95.2 Å². The molecule has 5 nitrogen and oxygen atoms in total. The summed E-state index contributed by atoms with van der Waals surface area (Å²) in [5.74, 6) is -0.599. The highest BCUT2D eigenvalue weighted by atomic mass is 32.2. The van der Waals surface area contributed by atoms with Crippen molar-refractivity contribution in [1.82, 2.24) is 4.72 Å². The van der Waals surface area contributed by atoms with E-state index in [2.05, 4.69) is 0 Å². The molecule has 0 saturated carbocycles. The van der Waals surface area contributed by atoms with Crippen LogP contribution in [0, 0.1) is 0 Å². The van der Waals surface area contributed by atoms with E-state index in [0.29, 0.717) is 0 Å². The molecule has 0 fully saturated rings. The molecule has 0 aromatic carbocycles. The number of amides is 1. The van der Waals surface area contributed by atoms with Gasteiger partial charge in [0.05, 0.1) is 0 Å². The first-order valence-electron chi connectivity index (χ1n) is 2.41. The zero-order valence-electron chi connectivity index (χ0n) is 5.07. The first-order valence-corrected chi connectivity index (χ1v) is 3.49. The van der Waals surface area contributed by atoms with Crippen LogP contribution in [0.25, 0.3) is 0 Å². The molecule has 0 aromatic heterocycles. The number of primary amides is 1. The molecule has 1 amide bonds. The van der Waals surface area contributed by atoms with E-state index in [4.69, 9.17) is 5.73 Å². The van der Waals surface area contributed by atoms with Crippen molar-refractivity contribution < 1.29 is 13.6 Å². The van der Waals surface area contributed by atoms with Crippen LogP contribution in [0.2, 0.25) is 0 Å². The standard InChI is InChI=1S/C4H8N2O3S/c5-4(7)2-1-3-6-10(8)9/h1-2,6H,3H2,(H2,5,7)(H,8,9)/p-1. The highest BCUT2D eigenvalue weighted by Crippen LogP contribution is 1.69. The summed E-state index contributed by atoms with van der Waals surface area (Å²) in [6, 6.07) is 0. The summed E-state index contributed by atoms with van der Waals surface area (Å²) in [6.45, 7) is 0.0824. The third kappa shape index (κ3) is 7.28. The number of nitrogens with one attached hydrogen (secondary N) is 1. The van der Waals surface area contributed by atoms with Crippen molar-refractivity contribution in [2.75, 3.05) is 6.54 Å². The lowest BCUT2D eigenvalue weighted by molar-refractivity contribution is -0.113. The first kappa shape index (κ1) is 9.28. The Morgan fingerprint density at radius 3 is 2.80 bits per heavy atom. The zero-order valence-corrected chi connectivity index (χ0v) is 5.89. The molecule has 3 N–H and O–H groups in total. The summed E-state index contributed by atoms with van der Waals surface area (Å²) in [5.41, 5.74) is 4.70. The van der Waals surface area contributed by atoms with Crippen molar-refractivity contribution >= 4 is 17.2 Å². The molecular weight excluding hydrogens is 156 g/mol. The second kappa shape index (κ2) is 5.10. The van der Waals surface area contributed by atoms with Gasteiger partial charge in [-0.1, -0.05) is 6.08 Å². The minimum absolute atomic E-state index is 0.0824. The molecule has 10 heavy (non-hydrogen) atoms. The van der Waals surface area contributed by atoms with E-state index in [9.17, 15) is 13.6 Å². The van der Waals surface area contributed by atoms with Gasteiger partial charge < -0.3 is 10.3 Å². The van der Waals surface area contributed by atoms with E-state index in [1.807, 2.05) is 4.72 Å². The third-order valence-corrected chi connectivity index (χ3v) is 1.00. The molecule has 0 aliphatic heterocycles. The predicted octanol–water partition coefficient (Wildman–Crippen LogP) is -1.59. The summed E-state index contributed by atoms with van der Waals surface area (Å²) in [4.78, 5) is 10.00. The van der Waals surface area contributed by atoms with E-state index in [1.54, 1.807) is 0 Å². The molecule has 0 radical (unpaired) electrons. The Morgan fingerprint density at radius 2 is 2.40 bits per heavy atom. The Kier molecular flexibility index (Phi) is 4.73. The molecule has 1 atom stereocenters. The van der Waals surface area contributed by atoms with E-state index in [-0.39, 0.29) is 6.54 Å². The number of hydrogen-bond acceptors (Lipinski definition) is 3. The monoisotopic (exact) mass is 163 g/mol. The molecule has 58 valence electrons. The highest BCUT2D eigenvalue weighted by molar-refractivity contribution is 7.77. The van der Waals surface area contributed by atoms with Gasteiger partial charge in [0, 0.05) is 17.8 Å². The summed E-state index contributed by atoms with van der Waals surface area (Å²) < 4.78 is 21.6. The number of carbonyl (C=O) groups excluding carboxylic acids is 1. The van der Waals surface area contributed by atoms with Crippen LogP contribution in [-0.2, 0) is 16.1 Å². The summed E-state index contributed by atoms with van der Waals surface area (Å²) in [6.07, 6.45) is 2.40. The van der Waals surface area contributed by atoms with Crippen LogP contribution in [0.5, 0.6) is 0 Å². The molecule has 6 heteroatoms. The lowest BCUT2D eigenvalue weighted by atomic mass is 10.5. The van der Waals surface area contributed by atoms with Crippen molar-refractivity contribution in [3.63, 3.8) is 0 Å². The molecule has 0 aliphatic carbocycles. The number of hydrogen-bond donors (Lipinski definition) is 2. The van der Waals surface area contributed by atoms with Crippen molar-refractivity contribution in [3.8, 4) is 0 Å². The van der Waals surface area contributed by atoms with Gasteiger partial charge in [0.15, 0.2) is 0 Å². The molecule has 0 spiro atoms.